The number of hydrogen-bond donors (Lipinski definition) is 1. The van der Waals surface area contributed by atoms with Gasteiger partial charge in [0.15, 0.2) is 0 Å². The fraction of sp³-hybridized carbons (Fsp3) is 0.333. The van der Waals surface area contributed by atoms with E-state index < -0.39 is 0 Å². The Labute approximate surface area is 121 Å². The molecular formula is C15H15N3OS. The van der Waals surface area contributed by atoms with Crippen molar-refractivity contribution < 1.29 is 4.79 Å². The van der Waals surface area contributed by atoms with Crippen LogP contribution in [0.1, 0.15) is 22.5 Å². The van der Waals surface area contributed by atoms with Crippen molar-refractivity contribution in [3.63, 3.8) is 0 Å². The van der Waals surface area contributed by atoms with E-state index in [1.807, 2.05) is 40.1 Å². The number of aromatic nitrogens is 1. The van der Waals surface area contributed by atoms with E-state index in [1.165, 1.54) is 0 Å². The molecule has 102 valence electrons. The maximum atomic E-state index is 12.7. The molecule has 0 aromatic carbocycles. The Morgan fingerprint density at radius 2 is 2.40 bits per heavy atom. The maximum Gasteiger partial charge on any atom is 0.259 e. The van der Waals surface area contributed by atoms with Gasteiger partial charge in [-0.25, -0.2) is 0 Å². The molecule has 2 aliphatic rings. The summed E-state index contributed by atoms with van der Waals surface area (Å²) in [5.41, 5.74) is 2.83. The van der Waals surface area contributed by atoms with Gasteiger partial charge in [0, 0.05) is 30.1 Å². The van der Waals surface area contributed by atoms with E-state index >= 15 is 0 Å². The lowest BCUT2D eigenvalue weighted by Crippen LogP contribution is -2.38. The van der Waals surface area contributed by atoms with E-state index in [0.29, 0.717) is 0 Å². The molecule has 2 aromatic heterocycles. The van der Waals surface area contributed by atoms with Crippen LogP contribution in [0, 0.1) is 0 Å². The highest BCUT2D eigenvalue weighted by Crippen LogP contribution is 2.43. The zero-order valence-electron chi connectivity index (χ0n) is 11.0. The maximum absolute atomic E-state index is 12.7. The first-order valence-electron chi connectivity index (χ1n) is 6.80. The zero-order valence-corrected chi connectivity index (χ0v) is 11.8. The Hall–Kier alpha value is -1.72. The van der Waals surface area contributed by atoms with Crippen LogP contribution in [0.3, 0.4) is 0 Å². The highest BCUT2D eigenvalue weighted by atomic mass is 32.1. The molecule has 1 atom stereocenters. The van der Waals surface area contributed by atoms with Crippen molar-refractivity contribution >= 4 is 22.9 Å². The third kappa shape index (κ3) is 1.63. The number of nitrogens with zero attached hydrogens (tertiary/aromatic N) is 2. The molecule has 0 bridgehead atoms. The fourth-order valence-corrected chi connectivity index (χ4v) is 3.92. The number of fused-ring (bicyclic) bond motifs is 2. The Bertz CT molecular complexity index is 647. The highest BCUT2D eigenvalue weighted by Gasteiger charge is 2.47. The minimum atomic E-state index is 0.00226. The van der Waals surface area contributed by atoms with E-state index in [4.69, 9.17) is 0 Å². The molecule has 0 saturated carbocycles. The first-order chi connectivity index (χ1) is 9.80. The Morgan fingerprint density at radius 1 is 1.45 bits per heavy atom. The van der Waals surface area contributed by atoms with Gasteiger partial charge in [-0.05, 0) is 36.5 Å². The number of anilines is 1. The van der Waals surface area contributed by atoms with Crippen LogP contribution in [-0.4, -0.2) is 30.5 Å². The van der Waals surface area contributed by atoms with Crippen molar-refractivity contribution in [1.29, 1.82) is 0 Å². The molecule has 0 aliphatic carbocycles. The number of pyridine rings is 1. The van der Waals surface area contributed by atoms with Crippen LogP contribution in [0.25, 0.3) is 0 Å². The van der Waals surface area contributed by atoms with E-state index in [9.17, 15) is 4.79 Å². The number of thiophene rings is 1. The largest absolute Gasteiger partial charge is 0.316 e. The number of hydrogen-bond acceptors (Lipinski definition) is 4. The number of amides is 1. The van der Waals surface area contributed by atoms with Crippen molar-refractivity contribution in [2.75, 3.05) is 24.5 Å². The summed E-state index contributed by atoms with van der Waals surface area (Å²) in [6.45, 7) is 2.64. The summed E-state index contributed by atoms with van der Waals surface area (Å²) in [6.07, 6.45) is 2.88. The second-order valence-electron chi connectivity index (χ2n) is 5.48. The third-order valence-corrected chi connectivity index (χ3v) is 4.98. The lowest BCUT2D eigenvalue weighted by molar-refractivity contribution is 0.0986. The molecule has 2 aliphatic heterocycles. The number of nitrogens with one attached hydrogen (secondary N) is 1. The summed E-state index contributed by atoms with van der Waals surface area (Å²) in [6, 6.07) is 5.81. The number of rotatable bonds is 1. The summed E-state index contributed by atoms with van der Waals surface area (Å²) >= 11 is 1.56. The quantitative estimate of drug-likeness (QED) is 0.872. The van der Waals surface area contributed by atoms with Crippen molar-refractivity contribution in [3.05, 3.63) is 46.4 Å². The standard InChI is InChI=1S/C15H15N3OS/c19-14(11-3-7-20-8-11)18-10-15(4-6-16-9-15)13-12(18)2-1-5-17-13/h1-3,5,7-8,16H,4,6,9-10H2. The molecule has 1 spiro atoms. The first kappa shape index (κ1) is 12.1. The summed E-state index contributed by atoms with van der Waals surface area (Å²) in [5.74, 6) is 0.0873. The summed E-state index contributed by atoms with van der Waals surface area (Å²) in [5, 5.41) is 7.27. The topological polar surface area (TPSA) is 45.2 Å². The van der Waals surface area contributed by atoms with Gasteiger partial charge >= 0.3 is 0 Å². The molecule has 4 nitrogen and oxygen atoms in total. The van der Waals surface area contributed by atoms with Gasteiger partial charge in [0.2, 0.25) is 0 Å². The van der Waals surface area contributed by atoms with E-state index in [-0.39, 0.29) is 11.3 Å². The summed E-state index contributed by atoms with van der Waals surface area (Å²) in [4.78, 5) is 19.2. The second-order valence-corrected chi connectivity index (χ2v) is 6.26. The van der Waals surface area contributed by atoms with Crippen LogP contribution >= 0.6 is 11.3 Å². The highest BCUT2D eigenvalue weighted by molar-refractivity contribution is 7.08. The van der Waals surface area contributed by atoms with Gasteiger partial charge in [-0.3, -0.25) is 9.78 Å². The smallest absolute Gasteiger partial charge is 0.259 e. The van der Waals surface area contributed by atoms with Gasteiger partial charge in [-0.15, -0.1) is 0 Å². The van der Waals surface area contributed by atoms with Gasteiger partial charge < -0.3 is 10.2 Å². The minimum Gasteiger partial charge on any atom is -0.316 e. The summed E-state index contributed by atoms with van der Waals surface area (Å²) < 4.78 is 0. The molecule has 1 fully saturated rings. The Balaban J connectivity index is 1.78. The predicted molar refractivity (Wildman–Crippen MR) is 79.4 cm³/mol. The zero-order chi connectivity index (χ0) is 13.6. The van der Waals surface area contributed by atoms with E-state index in [0.717, 1.165) is 43.0 Å². The molecule has 1 saturated heterocycles. The van der Waals surface area contributed by atoms with Crippen molar-refractivity contribution in [3.8, 4) is 0 Å². The Kier molecular flexibility index (Phi) is 2.65. The van der Waals surface area contributed by atoms with Gasteiger partial charge in [0.1, 0.15) is 0 Å². The van der Waals surface area contributed by atoms with Crippen molar-refractivity contribution in [2.24, 2.45) is 0 Å². The van der Waals surface area contributed by atoms with Gasteiger partial charge in [-0.1, -0.05) is 0 Å². The van der Waals surface area contributed by atoms with Crippen molar-refractivity contribution in [2.45, 2.75) is 11.8 Å². The lowest BCUT2D eigenvalue weighted by Gasteiger charge is -2.22. The molecule has 1 unspecified atom stereocenters. The molecule has 4 rings (SSSR count). The third-order valence-electron chi connectivity index (χ3n) is 4.30. The van der Waals surface area contributed by atoms with Gasteiger partial charge in [0.05, 0.1) is 16.9 Å². The molecule has 5 heteroatoms. The van der Waals surface area contributed by atoms with Crippen LogP contribution in [-0.2, 0) is 5.41 Å². The average Bonchev–Trinajstić information content (AvgIpc) is 3.21. The molecular weight excluding hydrogens is 270 g/mol. The van der Waals surface area contributed by atoms with Crippen LogP contribution in [0.15, 0.2) is 35.2 Å². The predicted octanol–water partition coefficient (Wildman–Crippen LogP) is 2.03. The fourth-order valence-electron chi connectivity index (χ4n) is 3.29. The molecule has 2 aromatic rings. The minimum absolute atomic E-state index is 0.00226. The number of carbonyl (C=O) groups excluding carboxylic acids is 1. The molecule has 0 radical (unpaired) electrons. The SMILES string of the molecule is O=C(c1ccsc1)N1CC2(CCNC2)c2ncccc21. The normalized spacial score (nSPS) is 24.3. The van der Waals surface area contributed by atoms with E-state index in [2.05, 4.69) is 10.3 Å². The summed E-state index contributed by atoms with van der Waals surface area (Å²) in [7, 11) is 0. The lowest BCUT2D eigenvalue weighted by atomic mass is 9.85. The Morgan fingerprint density at radius 3 is 3.15 bits per heavy atom. The van der Waals surface area contributed by atoms with Crippen molar-refractivity contribution in [1.82, 2.24) is 10.3 Å². The van der Waals surface area contributed by atoms with Crippen LogP contribution in [0.4, 0.5) is 5.69 Å². The molecule has 4 heterocycles. The molecule has 1 N–H and O–H groups in total. The van der Waals surface area contributed by atoms with Gasteiger partial charge in [0.25, 0.3) is 5.91 Å². The van der Waals surface area contributed by atoms with Crippen LogP contribution in [0.2, 0.25) is 0 Å². The molecule has 20 heavy (non-hydrogen) atoms. The molecule has 1 amide bonds. The number of carbonyl (C=O) groups is 1. The van der Waals surface area contributed by atoms with Crippen LogP contribution in [0.5, 0.6) is 0 Å². The average molecular weight is 285 g/mol. The van der Waals surface area contributed by atoms with E-state index in [1.54, 1.807) is 11.3 Å². The first-order valence-corrected chi connectivity index (χ1v) is 7.75. The van der Waals surface area contributed by atoms with Gasteiger partial charge in [-0.2, -0.15) is 11.3 Å². The second kappa shape index (κ2) is 4.40. The van der Waals surface area contributed by atoms with Crippen LogP contribution < -0.4 is 10.2 Å². The monoisotopic (exact) mass is 285 g/mol.